The quantitative estimate of drug-likeness (QED) is 0.236. The molecule has 1 amide bonds. The van der Waals surface area contributed by atoms with Crippen LogP contribution in [-0.2, 0) is 30.7 Å². The number of sulfonamides is 1. The van der Waals surface area contributed by atoms with E-state index < -0.39 is 34.4 Å². The van der Waals surface area contributed by atoms with Gasteiger partial charge in [0.25, 0.3) is 0 Å². The zero-order valence-electron chi connectivity index (χ0n) is 28.2. The first-order chi connectivity index (χ1) is 23.0. The molecular weight excluding hydrogens is 642 g/mol. The number of carbonyl (C=O) groups is 1. The van der Waals surface area contributed by atoms with E-state index in [0.29, 0.717) is 24.7 Å². The van der Waals surface area contributed by atoms with Crippen LogP contribution in [0.4, 0.5) is 4.79 Å². The predicted molar refractivity (Wildman–Crippen MR) is 177 cm³/mol. The molecule has 0 spiro atoms. The predicted octanol–water partition coefficient (Wildman–Crippen LogP) is 3.24. The molecule has 0 unspecified atom stereocenters. The number of nitrogens with zero attached hydrogens (tertiary/aromatic N) is 2. The Morgan fingerprint density at radius 3 is 2.56 bits per heavy atom. The van der Waals surface area contributed by atoms with Gasteiger partial charge in [0.15, 0.2) is 17.8 Å². The fourth-order valence-electron chi connectivity index (χ4n) is 6.05. The number of nitrogens with one attached hydrogen (secondary N) is 1. The van der Waals surface area contributed by atoms with Crippen molar-refractivity contribution in [2.75, 3.05) is 60.3 Å². The van der Waals surface area contributed by atoms with Crippen LogP contribution < -0.4 is 19.5 Å². The molecule has 2 N–H and O–H groups in total. The highest BCUT2D eigenvalue weighted by molar-refractivity contribution is 7.89. The van der Waals surface area contributed by atoms with Gasteiger partial charge < -0.3 is 43.7 Å². The van der Waals surface area contributed by atoms with Crippen LogP contribution in [0.25, 0.3) is 0 Å². The van der Waals surface area contributed by atoms with Crippen molar-refractivity contribution in [3.63, 3.8) is 0 Å². The average Bonchev–Trinajstić information content (AvgIpc) is 3.79. The van der Waals surface area contributed by atoms with Crippen molar-refractivity contribution in [2.24, 2.45) is 11.8 Å². The standard InChI is InChI=1S/C34H49N3O10S/c1-23(2)19-37(48(40,41)26-11-12-30-31(18-26)46-22-45-30)20-29(38)28(35-34(39)47-32-21-44-33-27(32)13-16-43-33)17-24-7-9-25(10-8-24)42-15-6-5-14-36(3)4/h7-12,18,23,27-29,32-33,38H,5-6,13-17,19-22H2,1-4H3,(H,35,39)/t27-,28-,29+,32-,33+/m0/s1. The third-order valence-electron chi connectivity index (χ3n) is 8.60. The maximum absolute atomic E-state index is 13.9. The van der Waals surface area contributed by atoms with Crippen LogP contribution in [0, 0.1) is 11.8 Å². The molecule has 2 aromatic carbocycles. The number of unbranched alkanes of at least 4 members (excludes halogenated alkanes) is 1. The van der Waals surface area contributed by atoms with E-state index in [-0.39, 0.29) is 55.9 Å². The number of benzene rings is 2. The number of alkyl carbamates (subject to hydrolysis) is 1. The largest absolute Gasteiger partial charge is 0.494 e. The summed E-state index contributed by atoms with van der Waals surface area (Å²) in [5.74, 6) is 1.44. The van der Waals surface area contributed by atoms with Gasteiger partial charge in [0, 0.05) is 19.2 Å². The van der Waals surface area contributed by atoms with Crippen LogP contribution in [0.5, 0.6) is 17.2 Å². The highest BCUT2D eigenvalue weighted by atomic mass is 32.2. The van der Waals surface area contributed by atoms with E-state index in [1.54, 1.807) is 6.07 Å². The summed E-state index contributed by atoms with van der Waals surface area (Å²) in [4.78, 5) is 15.4. The Bertz CT molecular complexity index is 1460. The molecule has 3 heterocycles. The maximum atomic E-state index is 13.9. The zero-order valence-corrected chi connectivity index (χ0v) is 29.0. The molecule has 0 bridgehead atoms. The van der Waals surface area contributed by atoms with Gasteiger partial charge in [-0.15, -0.1) is 0 Å². The summed E-state index contributed by atoms with van der Waals surface area (Å²) in [6, 6.07) is 11.0. The van der Waals surface area contributed by atoms with Gasteiger partial charge >= 0.3 is 6.09 Å². The lowest BCUT2D eigenvalue weighted by molar-refractivity contribution is -0.0907. The summed E-state index contributed by atoms with van der Waals surface area (Å²) in [6.07, 6.45) is 0.0449. The van der Waals surface area contributed by atoms with E-state index in [1.807, 2.05) is 52.2 Å². The summed E-state index contributed by atoms with van der Waals surface area (Å²) in [7, 11) is 0.0308. The van der Waals surface area contributed by atoms with E-state index in [2.05, 4.69) is 10.2 Å². The third kappa shape index (κ3) is 9.51. The highest BCUT2D eigenvalue weighted by Crippen LogP contribution is 2.35. The van der Waals surface area contributed by atoms with Gasteiger partial charge in [-0.2, -0.15) is 4.31 Å². The van der Waals surface area contributed by atoms with Crippen LogP contribution in [0.2, 0.25) is 0 Å². The Morgan fingerprint density at radius 2 is 1.81 bits per heavy atom. The number of hydrogen-bond acceptors (Lipinski definition) is 11. The van der Waals surface area contributed by atoms with Gasteiger partial charge in [-0.25, -0.2) is 13.2 Å². The summed E-state index contributed by atoms with van der Waals surface area (Å²) >= 11 is 0. The minimum absolute atomic E-state index is 0.0159. The Kier molecular flexibility index (Phi) is 12.4. The number of aliphatic hydroxyl groups excluding tert-OH is 1. The molecule has 3 aliphatic rings. The van der Waals surface area contributed by atoms with E-state index in [9.17, 15) is 18.3 Å². The number of hydrogen-bond donors (Lipinski definition) is 2. The van der Waals surface area contributed by atoms with E-state index in [0.717, 1.165) is 37.1 Å². The Hall–Kier alpha value is -3.14. The highest BCUT2D eigenvalue weighted by Gasteiger charge is 2.44. The van der Waals surface area contributed by atoms with Gasteiger partial charge in [0.05, 0.1) is 42.8 Å². The minimum Gasteiger partial charge on any atom is -0.494 e. The Balaban J connectivity index is 1.29. The second-order valence-corrected chi connectivity index (χ2v) is 15.2. The van der Waals surface area contributed by atoms with Crippen molar-refractivity contribution in [2.45, 2.75) is 69.0 Å². The second-order valence-electron chi connectivity index (χ2n) is 13.2. The van der Waals surface area contributed by atoms with Gasteiger partial charge in [0.1, 0.15) is 11.9 Å². The number of amides is 1. The van der Waals surface area contributed by atoms with Crippen LogP contribution >= 0.6 is 0 Å². The lowest BCUT2D eigenvalue weighted by atomic mass is 10.0. The molecule has 14 heteroatoms. The second kappa shape index (κ2) is 16.5. The summed E-state index contributed by atoms with van der Waals surface area (Å²) < 4.78 is 62.6. The molecule has 3 aliphatic heterocycles. The lowest BCUT2D eigenvalue weighted by Gasteiger charge is -2.31. The van der Waals surface area contributed by atoms with E-state index in [1.165, 1.54) is 16.4 Å². The number of ether oxygens (including phenoxy) is 6. The Labute approximate surface area is 283 Å². The van der Waals surface area contributed by atoms with E-state index in [4.69, 9.17) is 28.4 Å². The van der Waals surface area contributed by atoms with Crippen molar-refractivity contribution in [3.05, 3.63) is 48.0 Å². The van der Waals surface area contributed by atoms with Crippen molar-refractivity contribution < 1.29 is 46.7 Å². The molecule has 0 radical (unpaired) electrons. The van der Waals surface area contributed by atoms with Gasteiger partial charge in [0.2, 0.25) is 16.8 Å². The molecule has 0 aliphatic carbocycles. The average molecular weight is 692 g/mol. The zero-order chi connectivity index (χ0) is 34.3. The molecular formula is C34H49N3O10S. The molecule has 2 fully saturated rings. The SMILES string of the molecule is CC(C)CN(C[C@@H](O)[C@H](Cc1ccc(OCCCCN(C)C)cc1)NC(=O)O[C@H]1CO[C@H]2OCC[C@H]21)S(=O)(=O)c1ccc2c(c1)OCO2. The molecule has 0 aromatic heterocycles. The molecule has 5 atom stereocenters. The molecule has 48 heavy (non-hydrogen) atoms. The lowest BCUT2D eigenvalue weighted by Crippen LogP contribution is -2.51. The minimum atomic E-state index is -4.06. The van der Waals surface area contributed by atoms with E-state index >= 15 is 0 Å². The number of fused-ring (bicyclic) bond motifs is 2. The first kappa shape index (κ1) is 36.1. The summed E-state index contributed by atoms with van der Waals surface area (Å²) in [5, 5.41) is 14.5. The summed E-state index contributed by atoms with van der Waals surface area (Å²) in [6.45, 7) is 6.06. The van der Waals surface area contributed by atoms with Crippen LogP contribution in [-0.4, -0.2) is 114 Å². The number of aliphatic hydroxyl groups is 1. The van der Waals surface area contributed by atoms with Crippen LogP contribution in [0.1, 0.15) is 38.7 Å². The third-order valence-corrected chi connectivity index (χ3v) is 10.4. The Morgan fingerprint density at radius 1 is 1.04 bits per heavy atom. The maximum Gasteiger partial charge on any atom is 0.407 e. The van der Waals surface area contributed by atoms with Crippen LogP contribution in [0.3, 0.4) is 0 Å². The molecule has 2 aromatic rings. The number of rotatable bonds is 17. The smallest absolute Gasteiger partial charge is 0.407 e. The fraction of sp³-hybridized carbons (Fsp3) is 0.618. The molecule has 2 saturated heterocycles. The molecule has 0 saturated carbocycles. The molecule has 13 nitrogen and oxygen atoms in total. The van der Waals surface area contributed by atoms with Crippen LogP contribution in [0.15, 0.2) is 47.4 Å². The topological polar surface area (TPSA) is 145 Å². The molecule has 5 rings (SSSR count). The van der Waals surface area contributed by atoms with Crippen molar-refractivity contribution in [1.82, 2.24) is 14.5 Å². The summed E-state index contributed by atoms with van der Waals surface area (Å²) in [5.41, 5.74) is 0.821. The first-order valence-corrected chi connectivity index (χ1v) is 18.1. The van der Waals surface area contributed by atoms with Crippen molar-refractivity contribution in [3.8, 4) is 17.2 Å². The molecule has 266 valence electrons. The van der Waals surface area contributed by atoms with Gasteiger partial charge in [-0.3, -0.25) is 0 Å². The number of carbonyl (C=O) groups excluding carboxylic acids is 1. The van der Waals surface area contributed by atoms with Gasteiger partial charge in [-0.1, -0.05) is 26.0 Å². The fourth-order valence-corrected chi connectivity index (χ4v) is 7.69. The van der Waals surface area contributed by atoms with Gasteiger partial charge in [-0.05, 0) is 82.1 Å². The van der Waals surface area contributed by atoms with Crippen molar-refractivity contribution >= 4 is 16.1 Å². The van der Waals surface area contributed by atoms with Crippen molar-refractivity contribution in [1.29, 1.82) is 0 Å². The normalized spacial score (nSPS) is 21.5. The first-order valence-electron chi connectivity index (χ1n) is 16.6. The monoisotopic (exact) mass is 691 g/mol.